The van der Waals surface area contributed by atoms with Crippen LogP contribution in [0.15, 0.2) is 41.6 Å². The number of thioether (sulfide) groups is 1. The highest BCUT2D eigenvalue weighted by molar-refractivity contribution is 7.99. The number of nitrogens with one attached hydrogen (secondary N) is 1. The van der Waals surface area contributed by atoms with Crippen LogP contribution in [-0.4, -0.2) is 22.9 Å². The minimum absolute atomic E-state index is 0.0611. The van der Waals surface area contributed by atoms with Gasteiger partial charge in [0.2, 0.25) is 0 Å². The molecule has 0 radical (unpaired) electrons. The van der Waals surface area contributed by atoms with Gasteiger partial charge in [0.25, 0.3) is 0 Å². The molecule has 0 spiro atoms. The first-order chi connectivity index (χ1) is 11.1. The first-order valence-electron chi connectivity index (χ1n) is 7.62. The lowest BCUT2D eigenvalue weighted by molar-refractivity contribution is 0.241. The van der Waals surface area contributed by atoms with Crippen molar-refractivity contribution in [2.24, 2.45) is 0 Å². The number of aromatic nitrogens is 1. The molecule has 118 valence electrons. The van der Waals surface area contributed by atoms with Crippen LogP contribution in [0, 0.1) is 0 Å². The molecule has 2 amide bonds. The Hall–Kier alpha value is -2.21. The fourth-order valence-electron chi connectivity index (χ4n) is 2.97. The van der Waals surface area contributed by atoms with E-state index >= 15 is 0 Å². The normalized spacial score (nSPS) is 18.8. The lowest BCUT2D eigenvalue weighted by Crippen LogP contribution is -2.44. The molecule has 3 heterocycles. The maximum Gasteiger partial charge on any atom is 0.327 e. The highest BCUT2D eigenvalue weighted by Gasteiger charge is 2.37. The highest BCUT2D eigenvalue weighted by atomic mass is 32.2. The predicted molar refractivity (Wildman–Crippen MR) is 90.6 cm³/mol. The number of carbonyl (C=O) groups is 1. The van der Waals surface area contributed by atoms with Crippen molar-refractivity contribution in [3.8, 4) is 5.75 Å². The molecule has 2 aromatic rings. The molecule has 2 aliphatic heterocycles. The standard InChI is InChI=1S/C17H17N3O2S/c1-10(2)22-12-5-3-11(4-6-12)20-14-7-8-18-16-15(14)13(9-23-16)19-17(20)21/h3-8,10,13H,9H2,1-2H3,(H,19,21). The van der Waals surface area contributed by atoms with Gasteiger partial charge in [-0.25, -0.2) is 9.78 Å². The molecule has 5 nitrogen and oxygen atoms in total. The SMILES string of the molecule is CC(C)Oc1ccc(N2C(=O)NC3CSc4nccc2c43)cc1. The molecular formula is C17H17N3O2S. The Bertz CT molecular complexity index is 761. The average molecular weight is 327 g/mol. The van der Waals surface area contributed by atoms with E-state index in [0.717, 1.165) is 33.5 Å². The van der Waals surface area contributed by atoms with Crippen LogP contribution in [-0.2, 0) is 0 Å². The van der Waals surface area contributed by atoms with Gasteiger partial charge in [0.15, 0.2) is 0 Å². The van der Waals surface area contributed by atoms with Crippen LogP contribution in [0.5, 0.6) is 5.75 Å². The topological polar surface area (TPSA) is 54.5 Å². The summed E-state index contributed by atoms with van der Waals surface area (Å²) in [4.78, 5) is 18.7. The molecular weight excluding hydrogens is 310 g/mol. The first kappa shape index (κ1) is 14.4. The van der Waals surface area contributed by atoms with Gasteiger partial charge in [0, 0.05) is 17.5 Å². The molecule has 1 N–H and O–H groups in total. The van der Waals surface area contributed by atoms with Gasteiger partial charge in [0.1, 0.15) is 10.8 Å². The van der Waals surface area contributed by atoms with E-state index < -0.39 is 0 Å². The Labute approximate surface area is 139 Å². The number of rotatable bonds is 3. The first-order valence-corrected chi connectivity index (χ1v) is 8.61. The van der Waals surface area contributed by atoms with Crippen LogP contribution >= 0.6 is 11.8 Å². The van der Waals surface area contributed by atoms with E-state index in [1.807, 2.05) is 44.2 Å². The van der Waals surface area contributed by atoms with E-state index in [4.69, 9.17) is 4.74 Å². The van der Waals surface area contributed by atoms with E-state index in [2.05, 4.69) is 10.3 Å². The van der Waals surface area contributed by atoms with Crippen molar-refractivity contribution in [1.82, 2.24) is 10.3 Å². The summed E-state index contributed by atoms with van der Waals surface area (Å²) in [5, 5.41) is 4.08. The van der Waals surface area contributed by atoms with Crippen molar-refractivity contribution in [2.75, 3.05) is 10.7 Å². The molecule has 1 unspecified atom stereocenters. The van der Waals surface area contributed by atoms with Gasteiger partial charge in [-0.3, -0.25) is 4.90 Å². The van der Waals surface area contributed by atoms with Crippen LogP contribution in [0.25, 0.3) is 0 Å². The number of hydrogen-bond acceptors (Lipinski definition) is 4. The van der Waals surface area contributed by atoms with Crippen LogP contribution < -0.4 is 15.0 Å². The maximum absolute atomic E-state index is 12.6. The van der Waals surface area contributed by atoms with Gasteiger partial charge in [-0.15, -0.1) is 11.8 Å². The number of carbonyl (C=O) groups excluding carboxylic acids is 1. The summed E-state index contributed by atoms with van der Waals surface area (Å²) in [6, 6.07) is 9.48. The number of hydrogen-bond donors (Lipinski definition) is 1. The van der Waals surface area contributed by atoms with Gasteiger partial charge in [-0.2, -0.15) is 0 Å². The number of amides is 2. The Morgan fingerprint density at radius 3 is 2.83 bits per heavy atom. The van der Waals surface area contributed by atoms with Gasteiger partial charge < -0.3 is 10.1 Å². The number of anilines is 2. The summed E-state index contributed by atoms with van der Waals surface area (Å²) >= 11 is 1.69. The summed E-state index contributed by atoms with van der Waals surface area (Å²) in [6.07, 6.45) is 1.89. The predicted octanol–water partition coefficient (Wildman–Crippen LogP) is 3.88. The van der Waals surface area contributed by atoms with Crippen molar-refractivity contribution >= 4 is 29.2 Å². The molecule has 2 aliphatic rings. The zero-order valence-electron chi connectivity index (χ0n) is 12.9. The summed E-state index contributed by atoms with van der Waals surface area (Å²) in [6.45, 7) is 3.98. The third-order valence-electron chi connectivity index (χ3n) is 3.87. The lowest BCUT2D eigenvalue weighted by atomic mass is 10.1. The van der Waals surface area contributed by atoms with Crippen LogP contribution in [0.2, 0.25) is 0 Å². The quantitative estimate of drug-likeness (QED) is 0.929. The number of benzene rings is 1. The smallest absolute Gasteiger partial charge is 0.327 e. The number of pyridine rings is 1. The van der Waals surface area contributed by atoms with Crippen molar-refractivity contribution in [1.29, 1.82) is 0 Å². The van der Waals surface area contributed by atoms with Crippen molar-refractivity contribution in [3.05, 3.63) is 42.1 Å². The molecule has 23 heavy (non-hydrogen) atoms. The number of ether oxygens (including phenoxy) is 1. The largest absolute Gasteiger partial charge is 0.491 e. The molecule has 0 saturated heterocycles. The zero-order valence-corrected chi connectivity index (χ0v) is 13.8. The van der Waals surface area contributed by atoms with Crippen LogP contribution in [0.4, 0.5) is 16.2 Å². The molecule has 0 fully saturated rings. The average Bonchev–Trinajstić information content (AvgIpc) is 2.93. The van der Waals surface area contributed by atoms with E-state index in [9.17, 15) is 4.79 Å². The van der Waals surface area contributed by atoms with E-state index in [0.29, 0.717) is 0 Å². The molecule has 0 bridgehead atoms. The fourth-order valence-corrected chi connectivity index (χ4v) is 4.08. The molecule has 4 rings (SSSR count). The second-order valence-corrected chi connectivity index (χ2v) is 6.87. The number of urea groups is 1. The monoisotopic (exact) mass is 327 g/mol. The molecule has 1 atom stereocenters. The molecule has 0 aliphatic carbocycles. The summed E-state index contributed by atoms with van der Waals surface area (Å²) in [5.74, 6) is 1.65. The van der Waals surface area contributed by atoms with Gasteiger partial charge in [-0.05, 0) is 44.2 Å². The van der Waals surface area contributed by atoms with E-state index in [-0.39, 0.29) is 18.2 Å². The minimum atomic E-state index is -0.0975. The molecule has 6 heteroatoms. The zero-order chi connectivity index (χ0) is 16.0. The van der Waals surface area contributed by atoms with Gasteiger partial charge in [0.05, 0.1) is 23.5 Å². The fraction of sp³-hybridized carbons (Fsp3) is 0.294. The van der Waals surface area contributed by atoms with Gasteiger partial charge in [-0.1, -0.05) is 0 Å². The van der Waals surface area contributed by atoms with Crippen molar-refractivity contribution in [3.63, 3.8) is 0 Å². The molecule has 0 saturated carbocycles. The molecule has 1 aromatic heterocycles. The molecule has 1 aromatic carbocycles. The second kappa shape index (κ2) is 5.45. The van der Waals surface area contributed by atoms with E-state index in [1.165, 1.54) is 0 Å². The third kappa shape index (κ3) is 2.43. The summed E-state index contributed by atoms with van der Waals surface area (Å²) < 4.78 is 5.67. The van der Waals surface area contributed by atoms with Gasteiger partial charge >= 0.3 is 6.03 Å². The maximum atomic E-state index is 12.6. The van der Waals surface area contributed by atoms with Crippen molar-refractivity contribution < 1.29 is 9.53 Å². The Morgan fingerprint density at radius 1 is 1.30 bits per heavy atom. The Balaban J connectivity index is 1.73. The second-order valence-electron chi connectivity index (χ2n) is 5.86. The lowest BCUT2D eigenvalue weighted by Gasteiger charge is -2.32. The van der Waals surface area contributed by atoms with E-state index in [1.54, 1.807) is 22.9 Å². The third-order valence-corrected chi connectivity index (χ3v) is 4.97. The van der Waals surface area contributed by atoms with Crippen molar-refractivity contribution in [2.45, 2.75) is 31.0 Å². The number of nitrogens with zero attached hydrogens (tertiary/aromatic N) is 2. The summed E-state index contributed by atoms with van der Waals surface area (Å²) in [5.41, 5.74) is 2.87. The minimum Gasteiger partial charge on any atom is -0.491 e. The Kier molecular flexibility index (Phi) is 3.41. The summed E-state index contributed by atoms with van der Waals surface area (Å²) in [7, 11) is 0. The van der Waals surface area contributed by atoms with Crippen LogP contribution in [0.3, 0.4) is 0 Å². The Morgan fingerprint density at radius 2 is 2.09 bits per heavy atom. The highest BCUT2D eigenvalue weighted by Crippen LogP contribution is 2.46. The van der Waals surface area contributed by atoms with Crippen LogP contribution in [0.1, 0.15) is 25.5 Å².